The largest absolute Gasteiger partial charge is 0.464 e. The van der Waals surface area contributed by atoms with Gasteiger partial charge in [-0.1, -0.05) is 18.0 Å². The lowest BCUT2D eigenvalue weighted by Crippen LogP contribution is -2.24. The van der Waals surface area contributed by atoms with Gasteiger partial charge in [0.05, 0.1) is 12.8 Å². The Morgan fingerprint density at radius 1 is 1.37 bits per heavy atom. The van der Waals surface area contributed by atoms with Gasteiger partial charge in [-0.05, 0) is 24.7 Å². The molecule has 0 bridgehead atoms. The van der Waals surface area contributed by atoms with Crippen LogP contribution in [0.3, 0.4) is 0 Å². The predicted molar refractivity (Wildman–Crippen MR) is 71.4 cm³/mol. The molecule has 1 aliphatic carbocycles. The quantitative estimate of drug-likeness (QED) is 0.778. The Labute approximate surface area is 116 Å². The van der Waals surface area contributed by atoms with Gasteiger partial charge in [0.15, 0.2) is 10.8 Å². The summed E-state index contributed by atoms with van der Waals surface area (Å²) in [7, 11) is 1.35. The summed E-state index contributed by atoms with van der Waals surface area (Å²) in [6.45, 7) is 1.94. The molecule has 2 atom stereocenters. The van der Waals surface area contributed by atoms with Crippen molar-refractivity contribution in [3.63, 3.8) is 0 Å². The molecule has 0 radical (unpaired) electrons. The second-order valence-corrected chi connectivity index (χ2v) is 5.64. The maximum atomic E-state index is 11.8. The van der Waals surface area contributed by atoms with Crippen molar-refractivity contribution in [2.75, 3.05) is 25.1 Å². The molecule has 0 N–H and O–H groups in total. The number of halogens is 1. The maximum absolute atomic E-state index is 11.8. The number of methoxy groups -OCH3 is 1. The fraction of sp³-hybridized carbons (Fsp3) is 0.615. The standard InChI is InChI=1S/C13H16ClN3O2/c1-19-13(18)12-10(5-11(14)15-16-12)17-6-8-3-2-4-9(8)7-17/h5,8-9H,2-4,6-7H2,1H3. The van der Waals surface area contributed by atoms with Gasteiger partial charge in [0.1, 0.15) is 0 Å². The molecule has 2 unspecified atom stereocenters. The van der Waals surface area contributed by atoms with Crippen LogP contribution in [-0.4, -0.2) is 36.4 Å². The Bertz CT molecular complexity index is 497. The minimum atomic E-state index is -0.462. The van der Waals surface area contributed by atoms with Gasteiger partial charge in [0.2, 0.25) is 0 Å². The Hall–Kier alpha value is -1.36. The van der Waals surface area contributed by atoms with Crippen LogP contribution in [0.4, 0.5) is 5.69 Å². The highest BCUT2D eigenvalue weighted by Gasteiger charge is 2.37. The molecule has 2 fully saturated rings. The van der Waals surface area contributed by atoms with E-state index in [1.807, 2.05) is 0 Å². The molecule has 0 amide bonds. The summed E-state index contributed by atoms with van der Waals surface area (Å²) >= 11 is 5.91. The molecule has 2 heterocycles. The zero-order chi connectivity index (χ0) is 13.4. The molecule has 1 saturated heterocycles. The molecular weight excluding hydrogens is 266 g/mol. The SMILES string of the molecule is COC(=O)c1nnc(Cl)cc1N1CC2CCCC2C1. The molecule has 102 valence electrons. The van der Waals surface area contributed by atoms with Crippen LogP contribution in [0, 0.1) is 11.8 Å². The van der Waals surface area contributed by atoms with Crippen LogP contribution < -0.4 is 4.90 Å². The number of rotatable bonds is 2. The summed E-state index contributed by atoms with van der Waals surface area (Å²) in [6.07, 6.45) is 3.88. The van der Waals surface area contributed by atoms with Gasteiger partial charge in [-0.25, -0.2) is 4.79 Å². The van der Waals surface area contributed by atoms with Crippen molar-refractivity contribution in [2.45, 2.75) is 19.3 Å². The normalized spacial score (nSPS) is 25.5. The number of hydrogen-bond donors (Lipinski definition) is 0. The summed E-state index contributed by atoms with van der Waals surface area (Å²) in [5.74, 6) is 1.01. The van der Waals surface area contributed by atoms with Gasteiger partial charge < -0.3 is 9.64 Å². The number of ether oxygens (including phenoxy) is 1. The van der Waals surface area contributed by atoms with Crippen molar-refractivity contribution in [2.24, 2.45) is 11.8 Å². The number of hydrogen-bond acceptors (Lipinski definition) is 5. The molecule has 0 aromatic carbocycles. The van der Waals surface area contributed by atoms with E-state index in [9.17, 15) is 4.79 Å². The van der Waals surface area contributed by atoms with E-state index in [2.05, 4.69) is 15.1 Å². The molecule has 3 rings (SSSR count). The van der Waals surface area contributed by atoms with Crippen LogP contribution in [0.5, 0.6) is 0 Å². The lowest BCUT2D eigenvalue weighted by molar-refractivity contribution is 0.0593. The van der Waals surface area contributed by atoms with E-state index < -0.39 is 5.97 Å². The van der Waals surface area contributed by atoms with Crippen LogP contribution >= 0.6 is 11.6 Å². The average Bonchev–Trinajstić information content (AvgIpc) is 2.98. The van der Waals surface area contributed by atoms with E-state index in [0.717, 1.165) is 30.6 Å². The molecule has 2 aliphatic rings. The van der Waals surface area contributed by atoms with Gasteiger partial charge in [-0.15, -0.1) is 10.2 Å². The second-order valence-electron chi connectivity index (χ2n) is 5.25. The topological polar surface area (TPSA) is 55.3 Å². The smallest absolute Gasteiger partial charge is 0.360 e. The second kappa shape index (κ2) is 4.96. The van der Waals surface area contributed by atoms with Gasteiger partial charge in [0.25, 0.3) is 0 Å². The summed E-state index contributed by atoms with van der Waals surface area (Å²) in [4.78, 5) is 14.0. The molecule has 19 heavy (non-hydrogen) atoms. The first kappa shape index (κ1) is 12.7. The fourth-order valence-corrected chi connectivity index (χ4v) is 3.42. The van der Waals surface area contributed by atoms with E-state index in [1.165, 1.54) is 26.4 Å². The number of fused-ring (bicyclic) bond motifs is 1. The first-order valence-corrected chi connectivity index (χ1v) is 6.93. The third kappa shape index (κ3) is 2.27. The molecule has 6 heteroatoms. The van der Waals surface area contributed by atoms with Crippen molar-refractivity contribution in [3.05, 3.63) is 16.9 Å². The zero-order valence-corrected chi connectivity index (χ0v) is 11.6. The van der Waals surface area contributed by atoms with Gasteiger partial charge in [0, 0.05) is 19.2 Å². The van der Waals surface area contributed by atoms with E-state index in [-0.39, 0.29) is 5.69 Å². The molecule has 5 nitrogen and oxygen atoms in total. The molecular formula is C13H16ClN3O2. The van der Waals surface area contributed by atoms with E-state index in [0.29, 0.717) is 5.15 Å². The third-order valence-electron chi connectivity index (χ3n) is 4.19. The zero-order valence-electron chi connectivity index (χ0n) is 10.8. The Balaban J connectivity index is 1.91. The van der Waals surface area contributed by atoms with Crippen molar-refractivity contribution in [3.8, 4) is 0 Å². The van der Waals surface area contributed by atoms with Crippen LogP contribution in [0.2, 0.25) is 5.15 Å². The summed E-state index contributed by atoms with van der Waals surface area (Å²) < 4.78 is 4.76. The van der Waals surface area contributed by atoms with Gasteiger partial charge >= 0.3 is 5.97 Å². The highest BCUT2D eigenvalue weighted by molar-refractivity contribution is 6.29. The molecule has 1 saturated carbocycles. The maximum Gasteiger partial charge on any atom is 0.360 e. The van der Waals surface area contributed by atoms with Crippen molar-refractivity contribution < 1.29 is 9.53 Å². The van der Waals surface area contributed by atoms with Gasteiger partial charge in [-0.3, -0.25) is 0 Å². The molecule has 0 spiro atoms. The van der Waals surface area contributed by atoms with Crippen LogP contribution in [0.15, 0.2) is 6.07 Å². The van der Waals surface area contributed by atoms with Crippen LogP contribution in [0.1, 0.15) is 29.8 Å². The minimum absolute atomic E-state index is 0.256. The Kier molecular flexibility index (Phi) is 3.31. The minimum Gasteiger partial charge on any atom is -0.464 e. The van der Waals surface area contributed by atoms with Crippen molar-refractivity contribution in [1.29, 1.82) is 0 Å². The number of carbonyl (C=O) groups is 1. The highest BCUT2D eigenvalue weighted by atomic mass is 35.5. The summed E-state index contributed by atoms with van der Waals surface area (Å²) in [5, 5.41) is 7.93. The lowest BCUT2D eigenvalue weighted by Gasteiger charge is -2.21. The Morgan fingerprint density at radius 2 is 2.05 bits per heavy atom. The number of nitrogens with zero attached hydrogens (tertiary/aromatic N) is 3. The van der Waals surface area contributed by atoms with Crippen molar-refractivity contribution >= 4 is 23.3 Å². The summed E-state index contributed by atoms with van der Waals surface area (Å²) in [6, 6.07) is 1.71. The first-order valence-electron chi connectivity index (χ1n) is 6.55. The van der Waals surface area contributed by atoms with Crippen molar-refractivity contribution in [1.82, 2.24) is 10.2 Å². The fourth-order valence-electron chi connectivity index (χ4n) is 3.27. The number of anilines is 1. The molecule has 1 aromatic rings. The number of esters is 1. The lowest BCUT2D eigenvalue weighted by atomic mass is 10.0. The molecule has 1 aliphatic heterocycles. The predicted octanol–water partition coefficient (Wildman–Crippen LogP) is 2.15. The average molecular weight is 282 g/mol. The number of carbonyl (C=O) groups excluding carboxylic acids is 1. The number of aromatic nitrogens is 2. The molecule has 1 aromatic heterocycles. The third-order valence-corrected chi connectivity index (χ3v) is 4.37. The first-order chi connectivity index (χ1) is 9.19. The van der Waals surface area contributed by atoms with Crippen LogP contribution in [0.25, 0.3) is 0 Å². The van der Waals surface area contributed by atoms with Gasteiger partial charge in [-0.2, -0.15) is 0 Å². The van der Waals surface area contributed by atoms with E-state index in [4.69, 9.17) is 16.3 Å². The highest BCUT2D eigenvalue weighted by Crippen LogP contribution is 2.40. The monoisotopic (exact) mass is 281 g/mol. The van der Waals surface area contributed by atoms with E-state index in [1.54, 1.807) is 6.07 Å². The summed E-state index contributed by atoms with van der Waals surface area (Å²) in [5.41, 5.74) is 1.01. The Morgan fingerprint density at radius 3 is 2.68 bits per heavy atom. The van der Waals surface area contributed by atoms with E-state index >= 15 is 0 Å². The van der Waals surface area contributed by atoms with Crippen LogP contribution in [-0.2, 0) is 4.74 Å².